The summed E-state index contributed by atoms with van der Waals surface area (Å²) in [5.41, 5.74) is 1.05. The Morgan fingerprint density at radius 2 is 2.16 bits per heavy atom. The highest BCUT2D eigenvalue weighted by Crippen LogP contribution is 2.38. The number of amides is 1. The van der Waals surface area contributed by atoms with Gasteiger partial charge in [-0.1, -0.05) is 12.1 Å². The van der Waals surface area contributed by atoms with Crippen molar-refractivity contribution in [2.24, 2.45) is 0 Å². The second-order valence-electron chi connectivity index (χ2n) is 5.70. The van der Waals surface area contributed by atoms with Crippen LogP contribution in [0.25, 0.3) is 0 Å². The third kappa shape index (κ3) is 2.70. The van der Waals surface area contributed by atoms with Crippen LogP contribution in [0.2, 0.25) is 0 Å². The van der Waals surface area contributed by atoms with Gasteiger partial charge in [-0.2, -0.15) is 0 Å². The number of hydrogen-bond acceptors (Lipinski definition) is 2. The van der Waals surface area contributed by atoms with Gasteiger partial charge in [-0.25, -0.2) is 0 Å². The second-order valence-corrected chi connectivity index (χ2v) is 6.56. The highest BCUT2D eigenvalue weighted by Gasteiger charge is 2.41. The zero-order chi connectivity index (χ0) is 13.3. The van der Waals surface area contributed by atoms with Crippen molar-refractivity contribution in [1.29, 1.82) is 0 Å². The van der Waals surface area contributed by atoms with Gasteiger partial charge < -0.3 is 10.6 Å². The number of halogens is 1. The smallest absolute Gasteiger partial charge is 0.252 e. The van der Waals surface area contributed by atoms with Crippen LogP contribution in [0.5, 0.6) is 0 Å². The molecular weight excluding hydrogens is 304 g/mol. The van der Waals surface area contributed by atoms with Gasteiger partial charge in [0, 0.05) is 16.1 Å². The number of benzene rings is 1. The SMILES string of the molecule is O=C(NC1CCNC2(CCC2)C1)c1ccccc1Br. The normalized spacial score (nSPS) is 24.8. The summed E-state index contributed by atoms with van der Waals surface area (Å²) in [7, 11) is 0. The van der Waals surface area contributed by atoms with Crippen LogP contribution in [0.3, 0.4) is 0 Å². The number of hydrogen-bond donors (Lipinski definition) is 2. The quantitative estimate of drug-likeness (QED) is 0.879. The van der Waals surface area contributed by atoms with E-state index in [1.807, 2.05) is 24.3 Å². The molecule has 1 amide bonds. The molecule has 1 aliphatic carbocycles. The van der Waals surface area contributed by atoms with Gasteiger partial charge in [0.15, 0.2) is 0 Å². The summed E-state index contributed by atoms with van der Waals surface area (Å²) < 4.78 is 0.861. The van der Waals surface area contributed by atoms with E-state index in [1.165, 1.54) is 19.3 Å². The first kappa shape index (κ1) is 13.1. The largest absolute Gasteiger partial charge is 0.349 e. The van der Waals surface area contributed by atoms with Crippen molar-refractivity contribution in [2.75, 3.05) is 6.54 Å². The number of carbonyl (C=O) groups excluding carboxylic acids is 1. The van der Waals surface area contributed by atoms with Crippen molar-refractivity contribution in [2.45, 2.75) is 43.7 Å². The zero-order valence-corrected chi connectivity index (χ0v) is 12.5. The van der Waals surface area contributed by atoms with Crippen LogP contribution in [-0.2, 0) is 0 Å². The Bertz CT molecular complexity index is 485. The summed E-state index contributed by atoms with van der Waals surface area (Å²) in [6, 6.07) is 7.90. The van der Waals surface area contributed by atoms with Crippen LogP contribution in [0, 0.1) is 0 Å². The molecule has 0 radical (unpaired) electrons. The molecule has 19 heavy (non-hydrogen) atoms. The summed E-state index contributed by atoms with van der Waals surface area (Å²) in [5, 5.41) is 6.82. The predicted octanol–water partition coefficient (Wildman–Crippen LogP) is 2.85. The molecule has 3 rings (SSSR count). The summed E-state index contributed by atoms with van der Waals surface area (Å²) >= 11 is 3.44. The minimum Gasteiger partial charge on any atom is -0.349 e. The minimum absolute atomic E-state index is 0.0360. The Morgan fingerprint density at radius 3 is 2.84 bits per heavy atom. The van der Waals surface area contributed by atoms with Crippen LogP contribution < -0.4 is 10.6 Å². The van der Waals surface area contributed by atoms with Crippen LogP contribution in [-0.4, -0.2) is 24.0 Å². The summed E-state index contributed by atoms with van der Waals surface area (Å²) in [5.74, 6) is 0.0360. The average Bonchev–Trinajstić information content (AvgIpc) is 2.37. The Morgan fingerprint density at radius 1 is 1.37 bits per heavy atom. The second kappa shape index (κ2) is 5.25. The molecule has 4 heteroatoms. The van der Waals surface area contributed by atoms with Crippen molar-refractivity contribution in [3.05, 3.63) is 34.3 Å². The van der Waals surface area contributed by atoms with Crippen LogP contribution >= 0.6 is 15.9 Å². The molecule has 1 spiro atoms. The van der Waals surface area contributed by atoms with E-state index in [4.69, 9.17) is 0 Å². The van der Waals surface area contributed by atoms with E-state index in [-0.39, 0.29) is 5.91 Å². The van der Waals surface area contributed by atoms with Crippen LogP contribution in [0.15, 0.2) is 28.7 Å². The van der Waals surface area contributed by atoms with E-state index in [1.54, 1.807) is 0 Å². The Labute approximate surface area is 122 Å². The average molecular weight is 323 g/mol. The molecule has 0 bridgehead atoms. The lowest BCUT2D eigenvalue weighted by Crippen LogP contribution is -2.59. The monoisotopic (exact) mass is 322 g/mol. The van der Waals surface area contributed by atoms with Gasteiger partial charge in [-0.05, 0) is 66.7 Å². The molecule has 102 valence electrons. The molecular formula is C15H19BrN2O. The maximum atomic E-state index is 12.3. The molecule has 1 unspecified atom stereocenters. The Balaban J connectivity index is 1.65. The van der Waals surface area contributed by atoms with Crippen molar-refractivity contribution < 1.29 is 4.79 Å². The molecule has 0 aromatic heterocycles. The highest BCUT2D eigenvalue weighted by molar-refractivity contribution is 9.10. The van der Waals surface area contributed by atoms with Gasteiger partial charge in [0.05, 0.1) is 5.56 Å². The van der Waals surface area contributed by atoms with E-state index in [2.05, 4.69) is 26.6 Å². The highest BCUT2D eigenvalue weighted by atomic mass is 79.9. The summed E-state index contributed by atoms with van der Waals surface area (Å²) in [6.07, 6.45) is 5.93. The molecule has 2 fully saturated rings. The predicted molar refractivity (Wildman–Crippen MR) is 79.2 cm³/mol. The fourth-order valence-corrected chi connectivity index (χ4v) is 3.64. The van der Waals surface area contributed by atoms with Gasteiger partial charge in [0.1, 0.15) is 0 Å². The van der Waals surface area contributed by atoms with Gasteiger partial charge >= 0.3 is 0 Å². The van der Waals surface area contributed by atoms with Gasteiger partial charge in [0.2, 0.25) is 0 Å². The number of piperidine rings is 1. The molecule has 1 aromatic carbocycles. The van der Waals surface area contributed by atoms with E-state index in [0.717, 1.165) is 29.4 Å². The van der Waals surface area contributed by atoms with Crippen LogP contribution in [0.1, 0.15) is 42.5 Å². The molecule has 1 aliphatic heterocycles. The maximum absolute atomic E-state index is 12.3. The number of nitrogens with one attached hydrogen (secondary N) is 2. The number of carbonyl (C=O) groups is 1. The molecule has 1 aromatic rings. The van der Waals surface area contributed by atoms with Gasteiger partial charge in [-0.15, -0.1) is 0 Å². The topological polar surface area (TPSA) is 41.1 Å². The van der Waals surface area contributed by atoms with Crippen molar-refractivity contribution in [3.63, 3.8) is 0 Å². The first-order valence-electron chi connectivity index (χ1n) is 6.99. The molecule has 1 heterocycles. The molecule has 3 nitrogen and oxygen atoms in total. The van der Waals surface area contributed by atoms with Crippen LogP contribution in [0.4, 0.5) is 0 Å². The standard InChI is InChI=1S/C15H19BrN2O/c16-13-5-2-1-4-12(13)14(19)18-11-6-9-17-15(10-11)7-3-8-15/h1-2,4-5,11,17H,3,6-10H2,(H,18,19). The molecule has 2 N–H and O–H groups in total. The molecule has 1 saturated heterocycles. The lowest BCUT2D eigenvalue weighted by atomic mass is 9.70. The molecule has 1 atom stereocenters. The summed E-state index contributed by atoms with van der Waals surface area (Å²) in [6.45, 7) is 1.01. The van der Waals surface area contributed by atoms with E-state index < -0.39 is 0 Å². The Hall–Kier alpha value is -0.870. The first-order valence-corrected chi connectivity index (χ1v) is 7.78. The van der Waals surface area contributed by atoms with E-state index in [9.17, 15) is 4.79 Å². The van der Waals surface area contributed by atoms with Crippen molar-refractivity contribution in [3.8, 4) is 0 Å². The fraction of sp³-hybridized carbons (Fsp3) is 0.533. The lowest BCUT2D eigenvalue weighted by molar-refractivity contribution is 0.0852. The fourth-order valence-electron chi connectivity index (χ4n) is 3.17. The molecule has 2 aliphatic rings. The third-order valence-corrected chi connectivity index (χ3v) is 5.09. The lowest BCUT2D eigenvalue weighted by Gasteiger charge is -2.48. The first-order chi connectivity index (χ1) is 9.19. The third-order valence-electron chi connectivity index (χ3n) is 4.39. The van der Waals surface area contributed by atoms with E-state index in [0.29, 0.717) is 11.6 Å². The zero-order valence-electron chi connectivity index (χ0n) is 10.9. The number of rotatable bonds is 2. The van der Waals surface area contributed by atoms with Gasteiger partial charge in [-0.3, -0.25) is 4.79 Å². The van der Waals surface area contributed by atoms with Gasteiger partial charge in [0.25, 0.3) is 5.91 Å². The summed E-state index contributed by atoms with van der Waals surface area (Å²) in [4.78, 5) is 12.3. The minimum atomic E-state index is 0.0360. The van der Waals surface area contributed by atoms with E-state index >= 15 is 0 Å². The maximum Gasteiger partial charge on any atom is 0.252 e. The van der Waals surface area contributed by atoms with Crippen molar-refractivity contribution >= 4 is 21.8 Å². The Kier molecular flexibility index (Phi) is 3.63. The molecule has 1 saturated carbocycles. The van der Waals surface area contributed by atoms with Crippen molar-refractivity contribution in [1.82, 2.24) is 10.6 Å².